The molecule has 216 valence electrons. The normalized spacial score (nSPS) is 17.8. The standard InChI is InChI=1S/C41H39BN2/c1-4-14-30(15-5-1)32-27-39-41-40(28-32)44(34-20-8-3-9-21-34)38-25-24-31(29-16-10-11-17-29)26-36(38)42(41)35-22-12-13-23-37(35)43(39)33-18-6-2-7-19-33/h2-3,6-9,12-13,18-30H,1,4-5,10-11,14-17H2. The Bertz CT molecular complexity index is 1800. The summed E-state index contributed by atoms with van der Waals surface area (Å²) in [6, 6.07) is 44.0. The minimum Gasteiger partial charge on any atom is -0.311 e. The van der Waals surface area contributed by atoms with Gasteiger partial charge in [0.05, 0.1) is 0 Å². The Morgan fingerprint density at radius 3 is 1.59 bits per heavy atom. The van der Waals surface area contributed by atoms with Gasteiger partial charge in [-0.1, -0.05) is 98.8 Å². The van der Waals surface area contributed by atoms with E-state index in [0.717, 1.165) is 0 Å². The first-order valence-corrected chi connectivity index (χ1v) is 17.0. The van der Waals surface area contributed by atoms with Crippen LogP contribution >= 0.6 is 0 Å². The largest absolute Gasteiger partial charge is 0.311 e. The number of fused-ring (bicyclic) bond motifs is 4. The van der Waals surface area contributed by atoms with Crippen LogP contribution in [0.1, 0.15) is 80.8 Å². The zero-order valence-corrected chi connectivity index (χ0v) is 25.5. The van der Waals surface area contributed by atoms with E-state index < -0.39 is 0 Å². The number of rotatable bonds is 4. The maximum Gasteiger partial charge on any atom is 0.252 e. The van der Waals surface area contributed by atoms with Gasteiger partial charge >= 0.3 is 0 Å². The number of nitrogens with zero attached hydrogens (tertiary/aromatic N) is 2. The molecule has 0 spiro atoms. The van der Waals surface area contributed by atoms with Crippen molar-refractivity contribution < 1.29 is 0 Å². The highest BCUT2D eigenvalue weighted by molar-refractivity contribution is 7.00. The van der Waals surface area contributed by atoms with E-state index in [1.54, 1.807) is 0 Å². The molecule has 0 saturated heterocycles. The summed E-state index contributed by atoms with van der Waals surface area (Å²) < 4.78 is 0. The van der Waals surface area contributed by atoms with Gasteiger partial charge in [-0.25, -0.2) is 0 Å². The molecule has 0 bridgehead atoms. The summed E-state index contributed by atoms with van der Waals surface area (Å²) in [5.74, 6) is 1.29. The van der Waals surface area contributed by atoms with Crippen molar-refractivity contribution in [2.45, 2.75) is 69.6 Å². The lowest BCUT2D eigenvalue weighted by molar-refractivity contribution is 0.444. The summed E-state index contributed by atoms with van der Waals surface area (Å²) in [5.41, 5.74) is 15.2. The molecule has 0 radical (unpaired) electrons. The molecule has 44 heavy (non-hydrogen) atoms. The third kappa shape index (κ3) is 4.16. The van der Waals surface area contributed by atoms with E-state index in [4.69, 9.17) is 0 Å². The van der Waals surface area contributed by atoms with Gasteiger partial charge in [0.2, 0.25) is 0 Å². The molecule has 2 nitrogen and oxygen atoms in total. The maximum atomic E-state index is 2.60. The van der Waals surface area contributed by atoms with Crippen molar-refractivity contribution in [3.63, 3.8) is 0 Å². The lowest BCUT2D eigenvalue weighted by Gasteiger charge is -2.45. The molecule has 2 aliphatic heterocycles. The first-order valence-electron chi connectivity index (χ1n) is 17.0. The predicted molar refractivity (Wildman–Crippen MR) is 187 cm³/mol. The highest BCUT2D eigenvalue weighted by Crippen LogP contribution is 2.47. The van der Waals surface area contributed by atoms with Crippen LogP contribution in [-0.4, -0.2) is 6.71 Å². The molecule has 2 heterocycles. The maximum absolute atomic E-state index is 2.60. The average molecular weight is 571 g/mol. The Labute approximate surface area is 262 Å². The van der Waals surface area contributed by atoms with Crippen LogP contribution < -0.4 is 26.2 Å². The smallest absolute Gasteiger partial charge is 0.252 e. The van der Waals surface area contributed by atoms with Crippen molar-refractivity contribution in [2.75, 3.05) is 9.80 Å². The van der Waals surface area contributed by atoms with E-state index in [0.29, 0.717) is 11.8 Å². The van der Waals surface area contributed by atoms with E-state index in [2.05, 4.69) is 125 Å². The van der Waals surface area contributed by atoms with Crippen LogP contribution in [0.3, 0.4) is 0 Å². The second kappa shape index (κ2) is 10.7. The molecular weight excluding hydrogens is 531 g/mol. The van der Waals surface area contributed by atoms with Gasteiger partial charge < -0.3 is 9.80 Å². The van der Waals surface area contributed by atoms with E-state index in [9.17, 15) is 0 Å². The van der Waals surface area contributed by atoms with Gasteiger partial charge in [-0.05, 0) is 114 Å². The van der Waals surface area contributed by atoms with Crippen LogP contribution in [0.2, 0.25) is 0 Å². The number of anilines is 6. The van der Waals surface area contributed by atoms with E-state index in [1.807, 2.05) is 0 Å². The van der Waals surface area contributed by atoms with Crippen LogP contribution in [0.4, 0.5) is 34.1 Å². The van der Waals surface area contributed by atoms with E-state index >= 15 is 0 Å². The Kier molecular flexibility index (Phi) is 6.39. The fraction of sp³-hybridized carbons (Fsp3) is 0.268. The Balaban J connectivity index is 1.36. The highest BCUT2D eigenvalue weighted by atomic mass is 15.2. The molecular formula is C41H39BN2. The van der Waals surface area contributed by atoms with E-state index in [-0.39, 0.29) is 6.71 Å². The average Bonchev–Trinajstić information content (AvgIpc) is 3.64. The third-order valence-electron chi connectivity index (χ3n) is 11.0. The van der Waals surface area contributed by atoms with Crippen molar-refractivity contribution >= 4 is 57.2 Å². The molecule has 0 aromatic heterocycles. The Morgan fingerprint density at radius 1 is 0.432 bits per heavy atom. The van der Waals surface area contributed by atoms with Gasteiger partial charge in [0.15, 0.2) is 0 Å². The molecule has 0 atom stereocenters. The summed E-state index contributed by atoms with van der Waals surface area (Å²) in [5, 5.41) is 0. The number of benzene rings is 5. The van der Waals surface area contributed by atoms with Crippen molar-refractivity contribution in [3.05, 3.63) is 126 Å². The summed E-state index contributed by atoms with van der Waals surface area (Å²) >= 11 is 0. The van der Waals surface area contributed by atoms with Crippen LogP contribution in [0.5, 0.6) is 0 Å². The molecule has 5 aromatic carbocycles. The molecule has 0 N–H and O–H groups in total. The third-order valence-corrected chi connectivity index (χ3v) is 11.0. The highest BCUT2D eigenvalue weighted by Gasteiger charge is 2.44. The van der Waals surface area contributed by atoms with Crippen molar-refractivity contribution in [2.24, 2.45) is 0 Å². The second-order valence-corrected chi connectivity index (χ2v) is 13.4. The monoisotopic (exact) mass is 570 g/mol. The van der Waals surface area contributed by atoms with Crippen molar-refractivity contribution in [1.82, 2.24) is 0 Å². The van der Waals surface area contributed by atoms with Crippen LogP contribution in [0.25, 0.3) is 0 Å². The van der Waals surface area contributed by atoms with Crippen LogP contribution in [-0.2, 0) is 0 Å². The summed E-state index contributed by atoms with van der Waals surface area (Å²) in [7, 11) is 0. The van der Waals surface area contributed by atoms with Gasteiger partial charge in [0, 0.05) is 34.1 Å². The van der Waals surface area contributed by atoms with Gasteiger partial charge in [-0.3, -0.25) is 0 Å². The summed E-state index contributed by atoms with van der Waals surface area (Å²) in [6.45, 7) is 0.202. The molecule has 3 heteroatoms. The zero-order chi connectivity index (χ0) is 29.0. The van der Waals surface area contributed by atoms with Crippen molar-refractivity contribution in [3.8, 4) is 0 Å². The molecule has 0 unspecified atom stereocenters. The number of hydrogen-bond donors (Lipinski definition) is 0. The van der Waals surface area contributed by atoms with Gasteiger partial charge in [0.25, 0.3) is 6.71 Å². The number of para-hydroxylation sites is 3. The lowest BCUT2D eigenvalue weighted by atomic mass is 9.33. The number of hydrogen-bond acceptors (Lipinski definition) is 2. The van der Waals surface area contributed by atoms with Crippen LogP contribution in [0.15, 0.2) is 115 Å². The van der Waals surface area contributed by atoms with Crippen molar-refractivity contribution in [1.29, 1.82) is 0 Å². The Hall–Kier alpha value is -4.24. The van der Waals surface area contributed by atoms with Gasteiger partial charge in [-0.2, -0.15) is 0 Å². The molecule has 2 saturated carbocycles. The van der Waals surface area contributed by atoms with Crippen LogP contribution in [0, 0.1) is 0 Å². The molecule has 2 fully saturated rings. The summed E-state index contributed by atoms with van der Waals surface area (Å²) in [4.78, 5) is 5.15. The fourth-order valence-corrected chi connectivity index (χ4v) is 8.89. The predicted octanol–water partition coefficient (Wildman–Crippen LogP) is 9.47. The van der Waals surface area contributed by atoms with Gasteiger partial charge in [-0.15, -0.1) is 0 Å². The second-order valence-electron chi connectivity index (χ2n) is 13.4. The fourth-order valence-electron chi connectivity index (χ4n) is 8.89. The molecule has 5 aromatic rings. The topological polar surface area (TPSA) is 6.48 Å². The SMILES string of the molecule is c1ccc(N2c3ccccc3B3c4cc(C5CCCC5)ccc4N(c4ccccc4)c4cc(C5CCCCC5)cc2c43)cc1. The first kappa shape index (κ1) is 26.2. The minimum atomic E-state index is 0.202. The molecule has 0 amide bonds. The lowest BCUT2D eigenvalue weighted by Crippen LogP contribution is -2.61. The molecule has 9 rings (SSSR count). The van der Waals surface area contributed by atoms with Gasteiger partial charge in [0.1, 0.15) is 0 Å². The molecule has 2 aliphatic carbocycles. The summed E-state index contributed by atoms with van der Waals surface area (Å²) in [6.07, 6.45) is 12.0. The quantitative estimate of drug-likeness (QED) is 0.195. The van der Waals surface area contributed by atoms with E-state index in [1.165, 1.54) is 119 Å². The molecule has 4 aliphatic rings. The first-order chi connectivity index (χ1) is 21.8. The Morgan fingerprint density at radius 2 is 0.955 bits per heavy atom. The minimum absolute atomic E-state index is 0.202. The zero-order valence-electron chi connectivity index (χ0n) is 25.5.